The molecule has 0 radical (unpaired) electrons. The van der Waals surface area contributed by atoms with Crippen LogP contribution in [0.1, 0.15) is 105 Å². The van der Waals surface area contributed by atoms with E-state index in [1.807, 2.05) is 13.8 Å². The van der Waals surface area contributed by atoms with E-state index in [0.29, 0.717) is 41.4 Å². The molecule has 0 bridgehead atoms. The third kappa shape index (κ3) is 5.97. The van der Waals surface area contributed by atoms with Crippen LogP contribution in [0.15, 0.2) is 11.6 Å². The summed E-state index contributed by atoms with van der Waals surface area (Å²) >= 11 is 0. The number of rotatable bonds is 9. The van der Waals surface area contributed by atoms with Gasteiger partial charge in [-0.3, -0.25) is 4.79 Å². The lowest BCUT2D eigenvalue weighted by Crippen LogP contribution is -2.56. The van der Waals surface area contributed by atoms with Crippen molar-refractivity contribution in [2.75, 3.05) is 13.2 Å². The van der Waals surface area contributed by atoms with Gasteiger partial charge in [-0.2, -0.15) is 0 Å². The third-order valence-electron chi connectivity index (χ3n) is 12.5. The fourth-order valence-electron chi connectivity index (χ4n) is 10.4. The molecule has 3 saturated carbocycles. The highest BCUT2D eigenvalue weighted by Crippen LogP contribution is 2.67. The van der Waals surface area contributed by atoms with Crippen molar-refractivity contribution in [1.29, 1.82) is 0 Å². The van der Waals surface area contributed by atoms with Gasteiger partial charge in [-0.25, -0.2) is 0 Å². The number of ether oxygens (including phenoxy) is 3. The van der Waals surface area contributed by atoms with E-state index < -0.39 is 30.2 Å². The van der Waals surface area contributed by atoms with Crippen molar-refractivity contribution in [3.8, 4) is 0 Å². The quantitative estimate of drug-likeness (QED) is 0.228. The molecule has 4 aliphatic carbocycles. The molecular formula is C34H56O8. The van der Waals surface area contributed by atoms with E-state index in [2.05, 4.69) is 19.9 Å². The monoisotopic (exact) mass is 592 g/mol. The van der Waals surface area contributed by atoms with Gasteiger partial charge in [-0.05, 0) is 113 Å². The molecule has 0 aromatic carbocycles. The van der Waals surface area contributed by atoms with Crippen molar-refractivity contribution >= 4 is 5.97 Å². The summed E-state index contributed by atoms with van der Waals surface area (Å²) in [5, 5.41) is 41.2. The molecule has 0 spiro atoms. The van der Waals surface area contributed by atoms with Gasteiger partial charge in [-0.15, -0.1) is 0 Å². The maximum Gasteiger partial charge on any atom is 0.303 e. The average molecular weight is 593 g/mol. The first-order valence-corrected chi connectivity index (χ1v) is 16.6. The van der Waals surface area contributed by atoms with Gasteiger partial charge < -0.3 is 34.6 Å². The Morgan fingerprint density at radius 2 is 1.88 bits per heavy atom. The molecule has 1 saturated heterocycles. The van der Waals surface area contributed by atoms with Crippen LogP contribution in [0.25, 0.3) is 0 Å². The summed E-state index contributed by atoms with van der Waals surface area (Å²) in [7, 11) is 0. The van der Waals surface area contributed by atoms with Crippen LogP contribution in [0.3, 0.4) is 0 Å². The Labute approximate surface area is 252 Å². The fraction of sp³-hybridized carbons (Fsp3) is 0.912. The second kappa shape index (κ2) is 12.4. The predicted octanol–water partition coefficient (Wildman–Crippen LogP) is 4.51. The van der Waals surface area contributed by atoms with E-state index in [1.54, 1.807) is 0 Å². The molecule has 0 amide bonds. The zero-order chi connectivity index (χ0) is 30.4. The van der Waals surface area contributed by atoms with Crippen LogP contribution in [0, 0.1) is 40.4 Å². The molecule has 0 aromatic heterocycles. The van der Waals surface area contributed by atoms with Gasteiger partial charge in [0.2, 0.25) is 0 Å². The lowest BCUT2D eigenvalue weighted by molar-refractivity contribution is -0.285. The Kier molecular flexibility index (Phi) is 9.55. The van der Waals surface area contributed by atoms with Crippen molar-refractivity contribution in [3.05, 3.63) is 11.6 Å². The topological polar surface area (TPSA) is 126 Å². The first kappa shape index (κ1) is 32.4. The molecule has 42 heavy (non-hydrogen) atoms. The van der Waals surface area contributed by atoms with Gasteiger partial charge >= 0.3 is 5.97 Å². The summed E-state index contributed by atoms with van der Waals surface area (Å²) < 4.78 is 17.2. The Morgan fingerprint density at radius 1 is 1.12 bits per heavy atom. The zero-order valence-corrected chi connectivity index (χ0v) is 26.5. The molecule has 5 aliphatic rings. The van der Waals surface area contributed by atoms with E-state index in [1.165, 1.54) is 31.8 Å². The standard InChI is InChI=1S/C34H56O8/c1-20(7-6-14-32(3,4)42-21(2)36)25-10-11-26-24-9-8-22-17-23(41-31-30(39)29(38)28(37)18-40-31)12-16-34(22,19-35)27(24)13-15-33(25,26)5/h8,20,23-31,35,37-39H,6-7,9-19H2,1-5H3/t20-,23+,24+,25-,26+,27+,28+,29+,30-,31-,33-,34-/m1/s1. The third-order valence-corrected chi connectivity index (χ3v) is 12.5. The second-order valence-electron chi connectivity index (χ2n) is 15.4. The van der Waals surface area contributed by atoms with Crippen molar-refractivity contribution in [2.24, 2.45) is 40.4 Å². The summed E-state index contributed by atoms with van der Waals surface area (Å²) in [4.78, 5) is 11.5. The molecular weight excluding hydrogens is 536 g/mol. The van der Waals surface area contributed by atoms with E-state index in [9.17, 15) is 25.2 Å². The molecule has 8 nitrogen and oxygen atoms in total. The molecule has 8 heteroatoms. The molecule has 4 fully saturated rings. The number of esters is 1. The Balaban J connectivity index is 1.23. The summed E-state index contributed by atoms with van der Waals surface area (Å²) in [5.74, 6) is 2.88. The zero-order valence-electron chi connectivity index (χ0n) is 26.5. The summed E-state index contributed by atoms with van der Waals surface area (Å²) in [6.07, 6.45) is 9.07. The van der Waals surface area contributed by atoms with E-state index >= 15 is 0 Å². The van der Waals surface area contributed by atoms with Gasteiger partial charge in [-0.1, -0.05) is 31.9 Å². The Hall–Kier alpha value is -1.03. The Morgan fingerprint density at radius 3 is 2.60 bits per heavy atom. The highest BCUT2D eigenvalue weighted by atomic mass is 16.7. The largest absolute Gasteiger partial charge is 0.460 e. The van der Waals surface area contributed by atoms with Crippen LogP contribution in [-0.2, 0) is 19.0 Å². The van der Waals surface area contributed by atoms with Gasteiger partial charge in [0.15, 0.2) is 6.29 Å². The van der Waals surface area contributed by atoms with Crippen LogP contribution >= 0.6 is 0 Å². The molecule has 12 atom stereocenters. The maximum atomic E-state index is 11.5. The number of carbonyl (C=O) groups is 1. The smallest absolute Gasteiger partial charge is 0.303 e. The summed E-state index contributed by atoms with van der Waals surface area (Å²) in [6.45, 7) is 10.6. The normalized spacial score (nSPS) is 44.4. The van der Waals surface area contributed by atoms with Gasteiger partial charge in [0.25, 0.3) is 0 Å². The van der Waals surface area contributed by atoms with E-state index in [0.717, 1.165) is 44.9 Å². The van der Waals surface area contributed by atoms with Crippen molar-refractivity contribution in [1.82, 2.24) is 0 Å². The minimum Gasteiger partial charge on any atom is -0.460 e. The Bertz CT molecular complexity index is 996. The van der Waals surface area contributed by atoms with Crippen LogP contribution in [0.4, 0.5) is 0 Å². The van der Waals surface area contributed by atoms with E-state index in [4.69, 9.17) is 14.2 Å². The molecule has 1 heterocycles. The van der Waals surface area contributed by atoms with Crippen molar-refractivity contribution < 1.29 is 39.4 Å². The lowest BCUT2D eigenvalue weighted by atomic mass is 9.46. The number of hydrogen-bond acceptors (Lipinski definition) is 8. The number of fused-ring (bicyclic) bond motifs is 5. The highest BCUT2D eigenvalue weighted by molar-refractivity contribution is 5.66. The van der Waals surface area contributed by atoms with Crippen molar-refractivity contribution in [3.63, 3.8) is 0 Å². The first-order chi connectivity index (χ1) is 19.8. The number of hydrogen-bond donors (Lipinski definition) is 4. The van der Waals surface area contributed by atoms with Crippen LogP contribution in [-0.4, -0.2) is 75.9 Å². The van der Waals surface area contributed by atoms with Crippen LogP contribution in [0.5, 0.6) is 0 Å². The molecule has 1 aliphatic heterocycles. The maximum absolute atomic E-state index is 11.5. The number of allylic oxidation sites excluding steroid dienone is 1. The fourth-order valence-corrected chi connectivity index (χ4v) is 10.4. The highest BCUT2D eigenvalue weighted by Gasteiger charge is 2.60. The van der Waals surface area contributed by atoms with Crippen LogP contribution in [0.2, 0.25) is 0 Å². The predicted molar refractivity (Wildman–Crippen MR) is 158 cm³/mol. The van der Waals surface area contributed by atoms with E-state index in [-0.39, 0.29) is 30.7 Å². The number of aliphatic hydroxyl groups is 4. The SMILES string of the molecule is CC(=O)OC(C)(C)CCC[C@@H](C)[C@H]1CC[C@H]2[C@@H]3CC=C4C[C@@H](O[C@H]5OC[C@H](O)[C@H](O)[C@H]5O)CC[C@]4(CO)[C@H]3CC[C@]12C. The lowest BCUT2D eigenvalue weighted by Gasteiger charge is -2.59. The minimum absolute atomic E-state index is 0.0608. The molecule has 240 valence electrons. The minimum atomic E-state index is -1.28. The average Bonchev–Trinajstić information content (AvgIpc) is 3.29. The molecule has 0 aromatic rings. The van der Waals surface area contributed by atoms with Gasteiger partial charge in [0, 0.05) is 12.3 Å². The van der Waals surface area contributed by atoms with Gasteiger partial charge in [0.05, 0.1) is 19.3 Å². The number of carbonyl (C=O) groups excluding carboxylic acids is 1. The van der Waals surface area contributed by atoms with Gasteiger partial charge in [0.1, 0.15) is 23.9 Å². The molecule has 4 N–H and O–H groups in total. The second-order valence-corrected chi connectivity index (χ2v) is 15.4. The van der Waals surface area contributed by atoms with Crippen LogP contribution < -0.4 is 0 Å². The molecule has 5 rings (SSSR count). The van der Waals surface area contributed by atoms with Crippen molar-refractivity contribution in [2.45, 2.75) is 142 Å². The number of aliphatic hydroxyl groups excluding tert-OH is 4. The molecule has 0 unspecified atom stereocenters. The summed E-state index contributed by atoms with van der Waals surface area (Å²) in [6, 6.07) is 0. The first-order valence-electron chi connectivity index (χ1n) is 16.6. The summed E-state index contributed by atoms with van der Waals surface area (Å²) in [5.41, 5.74) is 1.02.